The summed E-state index contributed by atoms with van der Waals surface area (Å²) in [4.78, 5) is 26.4. The first kappa shape index (κ1) is 17.5. The number of amides is 2. The summed E-state index contributed by atoms with van der Waals surface area (Å²) in [6.45, 7) is 1.96. The fraction of sp³-hybridized carbons (Fsp3) is 0.250. The van der Waals surface area contributed by atoms with Gasteiger partial charge < -0.3 is 15.0 Å². The van der Waals surface area contributed by atoms with Crippen molar-refractivity contribution < 1.29 is 14.3 Å². The van der Waals surface area contributed by atoms with Crippen molar-refractivity contribution in [2.75, 3.05) is 16.8 Å². The first-order valence-corrected chi connectivity index (χ1v) is 8.42. The van der Waals surface area contributed by atoms with Crippen molar-refractivity contribution in [3.63, 3.8) is 0 Å². The summed E-state index contributed by atoms with van der Waals surface area (Å²) in [5.74, 6) is 0.264. The molecule has 1 heterocycles. The van der Waals surface area contributed by atoms with Gasteiger partial charge in [-0.15, -0.1) is 0 Å². The molecule has 0 spiro atoms. The smallest absolute Gasteiger partial charge is 0.267 e. The van der Waals surface area contributed by atoms with E-state index in [1.807, 2.05) is 30.3 Å². The standard InChI is InChI=1S/C20H19N3O3/c1-14-20(25)23(17-8-4-5-9-18(17)26-14)13-11-19(24)22-16-7-3-2-6-15(16)10-12-21/h2-9,14H,10-11,13H2,1H3,(H,22,24). The number of nitrogens with one attached hydrogen (secondary N) is 1. The van der Waals surface area contributed by atoms with E-state index in [4.69, 9.17) is 10.00 Å². The highest BCUT2D eigenvalue weighted by Crippen LogP contribution is 2.33. The fourth-order valence-electron chi connectivity index (χ4n) is 2.90. The van der Waals surface area contributed by atoms with Crippen LogP contribution < -0.4 is 15.0 Å². The van der Waals surface area contributed by atoms with E-state index in [1.165, 1.54) is 0 Å². The summed E-state index contributed by atoms with van der Waals surface area (Å²) < 4.78 is 5.60. The topological polar surface area (TPSA) is 82.4 Å². The molecule has 1 N–H and O–H groups in total. The van der Waals surface area contributed by atoms with Gasteiger partial charge in [0, 0.05) is 18.7 Å². The Morgan fingerprint density at radius 3 is 2.77 bits per heavy atom. The first-order chi connectivity index (χ1) is 12.6. The molecule has 0 radical (unpaired) electrons. The second-order valence-corrected chi connectivity index (χ2v) is 6.01. The molecular formula is C20H19N3O3. The zero-order valence-corrected chi connectivity index (χ0v) is 14.4. The number of benzene rings is 2. The molecule has 1 atom stereocenters. The van der Waals surface area contributed by atoms with Crippen molar-refractivity contribution in [3.05, 3.63) is 54.1 Å². The maximum atomic E-state index is 12.4. The number of nitrogens with zero attached hydrogens (tertiary/aromatic N) is 2. The number of nitriles is 1. The van der Waals surface area contributed by atoms with Crippen LogP contribution >= 0.6 is 0 Å². The van der Waals surface area contributed by atoms with Crippen LogP contribution in [-0.4, -0.2) is 24.5 Å². The molecule has 132 valence electrons. The van der Waals surface area contributed by atoms with E-state index in [0.29, 0.717) is 17.1 Å². The highest BCUT2D eigenvalue weighted by Gasteiger charge is 2.31. The molecule has 0 saturated heterocycles. The average Bonchev–Trinajstić information content (AvgIpc) is 2.64. The molecule has 1 aliphatic heterocycles. The molecule has 6 heteroatoms. The third-order valence-corrected chi connectivity index (χ3v) is 4.20. The van der Waals surface area contributed by atoms with Crippen LogP contribution in [0.4, 0.5) is 11.4 Å². The Kier molecular flexibility index (Phi) is 5.18. The number of carbonyl (C=O) groups is 2. The highest BCUT2D eigenvalue weighted by atomic mass is 16.5. The van der Waals surface area contributed by atoms with Gasteiger partial charge in [0.25, 0.3) is 5.91 Å². The number of fused-ring (bicyclic) bond motifs is 1. The maximum Gasteiger partial charge on any atom is 0.267 e. The van der Waals surface area contributed by atoms with Crippen LogP contribution in [0.2, 0.25) is 0 Å². The quantitative estimate of drug-likeness (QED) is 0.900. The summed E-state index contributed by atoms with van der Waals surface area (Å²) in [6.07, 6.45) is -0.207. The predicted octanol–water partition coefficient (Wildman–Crippen LogP) is 2.90. The average molecular weight is 349 g/mol. The lowest BCUT2D eigenvalue weighted by molar-refractivity contribution is -0.125. The summed E-state index contributed by atoms with van der Waals surface area (Å²) in [6, 6.07) is 16.6. The Labute approximate surface area is 152 Å². The van der Waals surface area contributed by atoms with Gasteiger partial charge in [0.15, 0.2) is 6.10 Å². The van der Waals surface area contributed by atoms with Gasteiger partial charge in [-0.25, -0.2) is 0 Å². The van der Waals surface area contributed by atoms with Gasteiger partial charge in [-0.2, -0.15) is 5.26 Å². The molecule has 0 fully saturated rings. The normalized spacial score (nSPS) is 15.6. The summed E-state index contributed by atoms with van der Waals surface area (Å²) in [5, 5.41) is 11.7. The van der Waals surface area contributed by atoms with Crippen molar-refractivity contribution in [2.45, 2.75) is 25.9 Å². The van der Waals surface area contributed by atoms with E-state index < -0.39 is 6.10 Å². The number of anilines is 2. The highest BCUT2D eigenvalue weighted by molar-refractivity contribution is 6.00. The monoisotopic (exact) mass is 349 g/mol. The molecule has 6 nitrogen and oxygen atoms in total. The molecule has 0 aromatic heterocycles. The molecule has 2 amide bonds. The largest absolute Gasteiger partial charge is 0.479 e. The zero-order chi connectivity index (χ0) is 18.5. The Balaban J connectivity index is 1.68. The van der Waals surface area contributed by atoms with E-state index in [9.17, 15) is 9.59 Å². The lowest BCUT2D eigenvalue weighted by Gasteiger charge is -2.32. The first-order valence-electron chi connectivity index (χ1n) is 8.42. The van der Waals surface area contributed by atoms with Crippen molar-refractivity contribution in [1.29, 1.82) is 5.26 Å². The maximum absolute atomic E-state index is 12.4. The van der Waals surface area contributed by atoms with Crippen molar-refractivity contribution in [1.82, 2.24) is 0 Å². The van der Waals surface area contributed by atoms with Gasteiger partial charge in [0.1, 0.15) is 5.75 Å². The molecule has 1 aliphatic rings. The third kappa shape index (κ3) is 3.67. The Morgan fingerprint density at radius 2 is 1.96 bits per heavy atom. The van der Waals surface area contributed by atoms with E-state index >= 15 is 0 Å². The number of para-hydroxylation sites is 3. The second-order valence-electron chi connectivity index (χ2n) is 6.01. The SMILES string of the molecule is CC1Oc2ccccc2N(CCC(=O)Nc2ccccc2CC#N)C1=O. The molecule has 0 bridgehead atoms. The Morgan fingerprint density at radius 1 is 1.23 bits per heavy atom. The van der Waals surface area contributed by atoms with E-state index in [1.54, 1.807) is 30.0 Å². The summed E-state index contributed by atoms with van der Waals surface area (Å²) >= 11 is 0. The molecule has 3 rings (SSSR count). The van der Waals surface area contributed by atoms with Crippen LogP contribution in [0.3, 0.4) is 0 Å². The summed E-state index contributed by atoms with van der Waals surface area (Å²) in [5.41, 5.74) is 2.07. The van der Waals surface area contributed by atoms with Gasteiger partial charge in [0.05, 0.1) is 18.2 Å². The molecule has 26 heavy (non-hydrogen) atoms. The van der Waals surface area contributed by atoms with Crippen molar-refractivity contribution >= 4 is 23.2 Å². The van der Waals surface area contributed by atoms with Crippen molar-refractivity contribution in [2.24, 2.45) is 0 Å². The van der Waals surface area contributed by atoms with Gasteiger partial charge in [-0.1, -0.05) is 30.3 Å². The lowest BCUT2D eigenvalue weighted by atomic mass is 10.1. The molecule has 2 aromatic carbocycles. The molecule has 2 aromatic rings. The fourth-order valence-corrected chi connectivity index (χ4v) is 2.90. The Hall–Kier alpha value is -3.33. The van der Waals surface area contributed by atoms with Crippen LogP contribution in [0.1, 0.15) is 18.9 Å². The molecule has 0 aliphatic carbocycles. The lowest BCUT2D eigenvalue weighted by Crippen LogP contribution is -2.45. The Bertz CT molecular complexity index is 873. The number of carbonyl (C=O) groups excluding carboxylic acids is 2. The zero-order valence-electron chi connectivity index (χ0n) is 14.4. The number of hydrogen-bond acceptors (Lipinski definition) is 4. The van der Waals surface area contributed by atoms with Crippen LogP contribution in [0.25, 0.3) is 0 Å². The van der Waals surface area contributed by atoms with Crippen molar-refractivity contribution in [3.8, 4) is 11.8 Å². The number of rotatable bonds is 5. The minimum atomic E-state index is -0.579. The summed E-state index contributed by atoms with van der Waals surface area (Å²) in [7, 11) is 0. The number of ether oxygens (including phenoxy) is 1. The van der Waals surface area contributed by atoms with Crippen LogP contribution in [0.15, 0.2) is 48.5 Å². The van der Waals surface area contributed by atoms with E-state index in [0.717, 1.165) is 5.56 Å². The van der Waals surface area contributed by atoms with Gasteiger partial charge >= 0.3 is 0 Å². The molecule has 1 unspecified atom stereocenters. The predicted molar refractivity (Wildman–Crippen MR) is 97.9 cm³/mol. The van der Waals surface area contributed by atoms with E-state index in [2.05, 4.69) is 11.4 Å². The third-order valence-electron chi connectivity index (χ3n) is 4.20. The minimum Gasteiger partial charge on any atom is -0.479 e. The molecule has 0 saturated carbocycles. The van der Waals surface area contributed by atoms with Crippen LogP contribution in [0.5, 0.6) is 5.75 Å². The molecular weight excluding hydrogens is 330 g/mol. The van der Waals surface area contributed by atoms with Gasteiger partial charge in [-0.3, -0.25) is 9.59 Å². The van der Waals surface area contributed by atoms with Crippen LogP contribution in [0, 0.1) is 11.3 Å². The van der Waals surface area contributed by atoms with E-state index in [-0.39, 0.29) is 31.2 Å². The van der Waals surface area contributed by atoms with Gasteiger partial charge in [-0.05, 0) is 30.7 Å². The van der Waals surface area contributed by atoms with Gasteiger partial charge in [0.2, 0.25) is 5.91 Å². The second kappa shape index (κ2) is 7.70. The minimum absolute atomic E-state index is 0.147. The van der Waals surface area contributed by atoms with Crippen LogP contribution in [-0.2, 0) is 16.0 Å². The number of hydrogen-bond donors (Lipinski definition) is 1.